The molecule has 0 aliphatic heterocycles. The van der Waals surface area contributed by atoms with Crippen LogP contribution in [-0.4, -0.2) is 19.8 Å². The van der Waals surface area contributed by atoms with Crippen LogP contribution in [0.3, 0.4) is 0 Å². The third kappa shape index (κ3) is 4.16. The van der Waals surface area contributed by atoms with Crippen LogP contribution in [0.15, 0.2) is 42.5 Å². The quantitative estimate of drug-likeness (QED) is 0.826. The average molecular weight is 275 g/mol. The molecular formula is C16H21NOS. The van der Waals surface area contributed by atoms with Gasteiger partial charge in [-0.3, -0.25) is 0 Å². The maximum absolute atomic E-state index is 5.20. The number of nitrogens with one attached hydrogen (secondary N) is 1. The first-order valence-corrected chi connectivity index (χ1v) is 7.51. The molecule has 0 saturated carbocycles. The monoisotopic (exact) mass is 275 g/mol. The molecule has 0 radical (unpaired) electrons. The number of hydrogen-bond acceptors (Lipinski definition) is 3. The van der Waals surface area contributed by atoms with Gasteiger partial charge in [-0.1, -0.05) is 37.3 Å². The van der Waals surface area contributed by atoms with Crippen LogP contribution >= 0.6 is 11.3 Å². The molecule has 1 unspecified atom stereocenters. The van der Waals surface area contributed by atoms with Gasteiger partial charge in [0, 0.05) is 29.5 Å². The molecule has 0 amide bonds. The molecule has 2 nitrogen and oxygen atoms in total. The smallest absolute Gasteiger partial charge is 0.0615 e. The number of hydrogen-bond donors (Lipinski definition) is 1. The van der Waals surface area contributed by atoms with Crippen LogP contribution in [0.5, 0.6) is 0 Å². The third-order valence-electron chi connectivity index (χ3n) is 3.15. The topological polar surface area (TPSA) is 21.3 Å². The van der Waals surface area contributed by atoms with Crippen molar-refractivity contribution in [2.45, 2.75) is 25.9 Å². The first-order valence-electron chi connectivity index (χ1n) is 6.70. The van der Waals surface area contributed by atoms with Crippen molar-refractivity contribution in [3.05, 3.63) is 47.3 Å². The Hall–Kier alpha value is -1.16. The van der Waals surface area contributed by atoms with Gasteiger partial charge in [-0.15, -0.1) is 11.3 Å². The van der Waals surface area contributed by atoms with Crippen molar-refractivity contribution in [2.75, 3.05) is 13.7 Å². The molecule has 1 heterocycles. The predicted molar refractivity (Wildman–Crippen MR) is 82.5 cm³/mol. The van der Waals surface area contributed by atoms with Gasteiger partial charge in [0.1, 0.15) is 0 Å². The van der Waals surface area contributed by atoms with E-state index in [1.165, 1.54) is 15.3 Å². The number of thiophene rings is 1. The van der Waals surface area contributed by atoms with Gasteiger partial charge in [-0.2, -0.15) is 0 Å². The van der Waals surface area contributed by atoms with Crippen molar-refractivity contribution in [3.8, 4) is 10.4 Å². The molecule has 0 fully saturated rings. The second-order valence-corrected chi connectivity index (χ2v) is 5.74. The van der Waals surface area contributed by atoms with Crippen molar-refractivity contribution in [1.82, 2.24) is 5.32 Å². The Kier molecular flexibility index (Phi) is 5.58. The van der Waals surface area contributed by atoms with Crippen LogP contribution in [0.25, 0.3) is 10.4 Å². The Morgan fingerprint density at radius 1 is 1.16 bits per heavy atom. The largest absolute Gasteiger partial charge is 0.383 e. The Bertz CT molecular complexity index is 481. The van der Waals surface area contributed by atoms with Crippen LogP contribution < -0.4 is 5.32 Å². The van der Waals surface area contributed by atoms with E-state index in [2.05, 4.69) is 54.7 Å². The zero-order chi connectivity index (χ0) is 13.5. The molecular weight excluding hydrogens is 254 g/mol. The maximum atomic E-state index is 5.20. The minimum atomic E-state index is 0.437. The minimum absolute atomic E-state index is 0.437. The average Bonchev–Trinajstić information content (AvgIpc) is 2.93. The lowest BCUT2D eigenvalue weighted by Crippen LogP contribution is -2.31. The van der Waals surface area contributed by atoms with Gasteiger partial charge >= 0.3 is 0 Å². The van der Waals surface area contributed by atoms with Gasteiger partial charge in [-0.25, -0.2) is 0 Å². The zero-order valence-electron chi connectivity index (χ0n) is 11.6. The summed E-state index contributed by atoms with van der Waals surface area (Å²) in [5.41, 5.74) is 1.29. The van der Waals surface area contributed by atoms with E-state index in [0.29, 0.717) is 6.04 Å². The van der Waals surface area contributed by atoms with E-state index >= 15 is 0 Å². The molecule has 1 aromatic heterocycles. The molecule has 1 atom stereocenters. The fourth-order valence-corrected chi connectivity index (χ4v) is 2.96. The summed E-state index contributed by atoms with van der Waals surface area (Å²) in [4.78, 5) is 2.70. The first-order chi connectivity index (χ1) is 9.33. The van der Waals surface area contributed by atoms with Crippen molar-refractivity contribution < 1.29 is 4.74 Å². The fourth-order valence-electron chi connectivity index (χ4n) is 2.00. The lowest BCUT2D eigenvalue weighted by molar-refractivity contribution is 0.164. The number of rotatable bonds is 7. The number of benzene rings is 1. The van der Waals surface area contributed by atoms with Crippen LogP contribution in [-0.2, 0) is 11.3 Å². The summed E-state index contributed by atoms with van der Waals surface area (Å²) in [6, 6.07) is 15.4. The second kappa shape index (κ2) is 7.43. The predicted octanol–water partition coefficient (Wildman–Crippen LogP) is 3.93. The Morgan fingerprint density at radius 2 is 1.95 bits per heavy atom. The van der Waals surface area contributed by atoms with Gasteiger partial charge in [0.05, 0.1) is 6.61 Å². The summed E-state index contributed by atoms with van der Waals surface area (Å²) in [6.45, 7) is 3.87. The van der Waals surface area contributed by atoms with Gasteiger partial charge in [0.2, 0.25) is 0 Å². The molecule has 2 aromatic rings. The molecule has 0 aliphatic rings. The normalized spacial score (nSPS) is 12.5. The molecule has 3 heteroatoms. The molecule has 19 heavy (non-hydrogen) atoms. The standard InChI is InChI=1S/C16H21NOS/c1-3-14(12-18-2)17-11-15-9-10-16(19-15)13-7-5-4-6-8-13/h4-10,14,17H,3,11-12H2,1-2H3. The number of methoxy groups -OCH3 is 1. The summed E-state index contributed by atoms with van der Waals surface area (Å²) in [5, 5.41) is 3.54. The minimum Gasteiger partial charge on any atom is -0.383 e. The van der Waals surface area contributed by atoms with Crippen molar-refractivity contribution in [3.63, 3.8) is 0 Å². The molecule has 0 spiro atoms. The highest BCUT2D eigenvalue weighted by Crippen LogP contribution is 2.27. The molecule has 0 bridgehead atoms. The SMILES string of the molecule is CCC(COC)NCc1ccc(-c2ccccc2)s1. The lowest BCUT2D eigenvalue weighted by Gasteiger charge is -2.14. The second-order valence-electron chi connectivity index (χ2n) is 4.57. The van der Waals surface area contributed by atoms with Crippen molar-refractivity contribution in [1.29, 1.82) is 0 Å². The van der Waals surface area contributed by atoms with Gasteiger partial charge < -0.3 is 10.1 Å². The summed E-state index contributed by atoms with van der Waals surface area (Å²) in [7, 11) is 1.75. The van der Waals surface area contributed by atoms with E-state index in [4.69, 9.17) is 4.74 Å². The lowest BCUT2D eigenvalue weighted by atomic mass is 10.2. The van der Waals surface area contributed by atoms with Crippen LogP contribution in [0, 0.1) is 0 Å². The van der Waals surface area contributed by atoms with E-state index in [9.17, 15) is 0 Å². The Labute approximate surface area is 119 Å². The van der Waals surface area contributed by atoms with Crippen molar-refractivity contribution in [2.24, 2.45) is 0 Å². The summed E-state index contributed by atoms with van der Waals surface area (Å²) in [6.07, 6.45) is 1.09. The molecule has 1 aromatic carbocycles. The van der Waals surface area contributed by atoms with E-state index in [-0.39, 0.29) is 0 Å². The van der Waals surface area contributed by atoms with Crippen LogP contribution in [0.1, 0.15) is 18.2 Å². The highest BCUT2D eigenvalue weighted by molar-refractivity contribution is 7.15. The summed E-state index contributed by atoms with van der Waals surface area (Å²) < 4.78 is 5.20. The Balaban J connectivity index is 1.94. The van der Waals surface area contributed by atoms with E-state index in [0.717, 1.165) is 19.6 Å². The van der Waals surface area contributed by atoms with E-state index in [1.807, 2.05) is 11.3 Å². The van der Waals surface area contributed by atoms with Gasteiger partial charge in [-0.05, 0) is 24.1 Å². The molecule has 0 aliphatic carbocycles. The highest BCUT2D eigenvalue weighted by atomic mass is 32.1. The van der Waals surface area contributed by atoms with E-state index in [1.54, 1.807) is 7.11 Å². The van der Waals surface area contributed by atoms with Gasteiger partial charge in [0.25, 0.3) is 0 Å². The molecule has 0 saturated heterocycles. The van der Waals surface area contributed by atoms with Crippen LogP contribution in [0.2, 0.25) is 0 Å². The number of ether oxygens (including phenoxy) is 1. The Morgan fingerprint density at radius 3 is 2.63 bits per heavy atom. The third-order valence-corrected chi connectivity index (χ3v) is 4.28. The molecule has 2 rings (SSSR count). The van der Waals surface area contributed by atoms with E-state index < -0.39 is 0 Å². The highest BCUT2D eigenvalue weighted by Gasteiger charge is 2.07. The molecule has 102 valence electrons. The van der Waals surface area contributed by atoms with Crippen LogP contribution in [0.4, 0.5) is 0 Å². The first kappa shape index (κ1) is 14.3. The van der Waals surface area contributed by atoms with Crippen molar-refractivity contribution >= 4 is 11.3 Å². The summed E-state index contributed by atoms with van der Waals surface area (Å²) >= 11 is 1.85. The van der Waals surface area contributed by atoms with Gasteiger partial charge in [0.15, 0.2) is 0 Å². The maximum Gasteiger partial charge on any atom is 0.0615 e. The zero-order valence-corrected chi connectivity index (χ0v) is 12.4. The molecule has 1 N–H and O–H groups in total. The summed E-state index contributed by atoms with van der Waals surface area (Å²) in [5.74, 6) is 0. The fraction of sp³-hybridized carbons (Fsp3) is 0.375.